The molecule has 0 spiro atoms. The standard InChI is InChI=1S/C69H64BN3S/c1-67(2,3)51-35-36-58(55(42-51)47-26-17-12-18-27-47)73-62-41-50(46-24-15-11-16-25-46)40-61-64(62)70(66-65(73)54-28-19-20-30-63(54)74-66)56-29-21-37-71-57-43-52(68(4,5)6)33-31-48(57)39-49-32-34-53(69(7,8)9)44-59(49)72(61)60(56)38-45-22-13-10-14-23-45/h10-38,40-44,71H,39H2,1-9H3/b37-21+,56-29+,60-38+. The quantitative estimate of drug-likeness (QED) is 0.177. The van der Waals surface area contributed by atoms with Crippen molar-refractivity contribution in [2.45, 2.75) is 85.0 Å². The van der Waals surface area contributed by atoms with Gasteiger partial charge in [0.2, 0.25) is 0 Å². The largest absolute Gasteiger partial charge is 0.361 e. The van der Waals surface area contributed by atoms with Crippen LogP contribution in [0.25, 0.3) is 38.4 Å². The molecule has 3 aliphatic rings. The van der Waals surface area contributed by atoms with Gasteiger partial charge in [0.25, 0.3) is 6.71 Å². The highest BCUT2D eigenvalue weighted by molar-refractivity contribution is 7.33. The minimum absolute atomic E-state index is 0.00331. The van der Waals surface area contributed by atoms with E-state index >= 15 is 0 Å². The number of nitrogens with zero attached hydrogens (tertiary/aromatic N) is 2. The number of thiophene rings is 1. The Labute approximate surface area is 443 Å². The van der Waals surface area contributed by atoms with Crippen LogP contribution in [-0.4, -0.2) is 6.71 Å². The van der Waals surface area contributed by atoms with Crippen LogP contribution in [0.15, 0.2) is 212 Å². The van der Waals surface area contributed by atoms with Crippen LogP contribution in [-0.2, 0) is 22.7 Å². The van der Waals surface area contributed by atoms with Crippen molar-refractivity contribution in [1.82, 2.24) is 0 Å². The predicted molar refractivity (Wildman–Crippen MR) is 322 cm³/mol. The molecule has 0 atom stereocenters. The van der Waals surface area contributed by atoms with E-state index < -0.39 is 0 Å². The topological polar surface area (TPSA) is 18.5 Å². The molecule has 2 bridgehead atoms. The Kier molecular flexibility index (Phi) is 11.6. The van der Waals surface area contributed by atoms with Crippen LogP contribution in [0.2, 0.25) is 0 Å². The van der Waals surface area contributed by atoms with Gasteiger partial charge in [-0.3, -0.25) is 0 Å². The molecule has 12 rings (SSSR count). The molecule has 0 unspecified atom stereocenters. The molecule has 3 aliphatic heterocycles. The van der Waals surface area contributed by atoms with Gasteiger partial charge >= 0.3 is 0 Å². The number of benzene rings is 8. The van der Waals surface area contributed by atoms with Crippen molar-refractivity contribution in [3.8, 4) is 22.3 Å². The molecule has 0 fully saturated rings. The molecular formula is C69H64BN3S. The third-order valence-electron chi connectivity index (χ3n) is 15.4. The first-order chi connectivity index (χ1) is 35.6. The molecule has 4 heterocycles. The summed E-state index contributed by atoms with van der Waals surface area (Å²) >= 11 is 1.95. The average Bonchev–Trinajstić information content (AvgIpc) is 3.80. The van der Waals surface area contributed by atoms with Gasteiger partial charge in [-0.2, -0.15) is 0 Å². The second-order valence-electron chi connectivity index (χ2n) is 23.5. The van der Waals surface area contributed by atoms with Gasteiger partial charge < -0.3 is 15.1 Å². The summed E-state index contributed by atoms with van der Waals surface area (Å²) in [6, 6.07) is 68.7. The van der Waals surface area contributed by atoms with Crippen molar-refractivity contribution in [3.05, 3.63) is 245 Å². The number of fused-ring (bicyclic) bond motifs is 11. The number of anilines is 6. The van der Waals surface area contributed by atoms with E-state index in [2.05, 4.69) is 284 Å². The summed E-state index contributed by atoms with van der Waals surface area (Å²) < 4.78 is 2.62. The number of rotatable bonds is 4. The highest BCUT2D eigenvalue weighted by atomic mass is 32.1. The number of allylic oxidation sites excluding steroid dienone is 3. The zero-order valence-electron chi connectivity index (χ0n) is 44.2. The first kappa shape index (κ1) is 47.4. The van der Waals surface area contributed by atoms with Crippen molar-refractivity contribution in [2.24, 2.45) is 0 Å². The van der Waals surface area contributed by atoms with Crippen LogP contribution in [0.4, 0.5) is 34.1 Å². The van der Waals surface area contributed by atoms with Crippen molar-refractivity contribution in [2.75, 3.05) is 15.1 Å². The Morgan fingerprint density at radius 2 is 1.09 bits per heavy atom. The Morgan fingerprint density at radius 3 is 1.78 bits per heavy atom. The molecule has 0 saturated heterocycles. The maximum atomic E-state index is 3.84. The number of hydrogen-bond acceptors (Lipinski definition) is 4. The first-order valence-electron chi connectivity index (χ1n) is 26.3. The molecule has 0 aliphatic carbocycles. The summed E-state index contributed by atoms with van der Waals surface area (Å²) in [4.78, 5) is 5.32. The Balaban J connectivity index is 1.25. The Hall–Kier alpha value is -7.60. The second kappa shape index (κ2) is 18.1. The summed E-state index contributed by atoms with van der Waals surface area (Å²) in [5.41, 5.74) is 23.1. The van der Waals surface area contributed by atoms with Crippen LogP contribution in [0.5, 0.6) is 0 Å². The van der Waals surface area contributed by atoms with E-state index in [4.69, 9.17) is 0 Å². The molecule has 1 N–H and O–H groups in total. The lowest BCUT2D eigenvalue weighted by atomic mass is 9.35. The fourth-order valence-corrected chi connectivity index (χ4v) is 12.6. The minimum Gasteiger partial charge on any atom is -0.361 e. The van der Waals surface area contributed by atoms with E-state index in [1.54, 1.807) is 0 Å². The zero-order valence-corrected chi connectivity index (χ0v) is 45.0. The van der Waals surface area contributed by atoms with Crippen LogP contribution in [0.3, 0.4) is 0 Å². The Morgan fingerprint density at radius 1 is 0.514 bits per heavy atom. The summed E-state index contributed by atoms with van der Waals surface area (Å²) in [6.45, 7) is 20.8. The van der Waals surface area contributed by atoms with Crippen molar-refractivity contribution in [3.63, 3.8) is 0 Å². The van der Waals surface area contributed by atoms with Crippen molar-refractivity contribution in [1.29, 1.82) is 0 Å². The normalized spacial score (nSPS) is 16.0. The van der Waals surface area contributed by atoms with Gasteiger partial charge in [-0.15, -0.1) is 11.3 Å². The van der Waals surface area contributed by atoms with Crippen LogP contribution >= 0.6 is 11.3 Å². The highest BCUT2D eigenvalue weighted by Crippen LogP contribution is 2.53. The van der Waals surface area contributed by atoms with Crippen molar-refractivity contribution < 1.29 is 0 Å². The molecule has 364 valence electrons. The Bertz CT molecular complexity index is 3730. The fraction of sp³-hybridized carbons (Fsp3) is 0.188. The maximum absolute atomic E-state index is 3.84. The smallest absolute Gasteiger partial charge is 0.264 e. The monoisotopic (exact) mass is 977 g/mol. The average molecular weight is 978 g/mol. The molecule has 74 heavy (non-hydrogen) atoms. The number of nitrogens with one attached hydrogen (secondary N) is 1. The van der Waals surface area contributed by atoms with Crippen LogP contribution in [0, 0.1) is 0 Å². The van der Waals surface area contributed by atoms with Gasteiger partial charge in [-0.05, 0) is 132 Å². The molecule has 5 heteroatoms. The maximum Gasteiger partial charge on any atom is 0.264 e. The van der Waals surface area contributed by atoms with E-state index in [9.17, 15) is 0 Å². The fourth-order valence-electron chi connectivity index (χ4n) is 11.3. The van der Waals surface area contributed by atoms with Gasteiger partial charge in [0, 0.05) is 61.5 Å². The molecule has 1 aromatic heterocycles. The molecule has 8 aromatic carbocycles. The molecular weight excluding hydrogens is 914 g/mol. The minimum atomic E-state index is -0.107. The third-order valence-corrected chi connectivity index (χ3v) is 16.6. The molecule has 9 aromatic rings. The van der Waals surface area contributed by atoms with Gasteiger partial charge in [-0.1, -0.05) is 208 Å². The summed E-state index contributed by atoms with van der Waals surface area (Å²) in [5, 5.41) is 5.10. The van der Waals surface area contributed by atoms with Gasteiger partial charge in [0.1, 0.15) is 0 Å². The predicted octanol–water partition coefficient (Wildman–Crippen LogP) is 17.7. The van der Waals surface area contributed by atoms with E-state index in [0.29, 0.717) is 0 Å². The van der Waals surface area contributed by atoms with E-state index in [1.807, 2.05) is 11.3 Å². The molecule has 0 saturated carbocycles. The summed E-state index contributed by atoms with van der Waals surface area (Å²) in [7, 11) is 0. The number of hydrogen-bond donors (Lipinski definition) is 1. The van der Waals surface area contributed by atoms with Gasteiger partial charge in [-0.25, -0.2) is 0 Å². The van der Waals surface area contributed by atoms with E-state index in [1.165, 1.54) is 110 Å². The van der Waals surface area contributed by atoms with E-state index in [-0.39, 0.29) is 23.0 Å². The van der Waals surface area contributed by atoms with Crippen LogP contribution in [0.1, 0.15) is 95.7 Å². The molecule has 0 radical (unpaired) electrons. The lowest BCUT2D eigenvalue weighted by Gasteiger charge is -2.46. The van der Waals surface area contributed by atoms with Crippen molar-refractivity contribution >= 4 is 78.6 Å². The SMILES string of the molecule is CC(C)(C)c1ccc2c(c1)N/C=C/C=C1/B3c4sc5ccccc5c4N(c4ccc(C(C)(C)C)cc4-c4ccccc4)c4cc(-c5ccccc5)cc(c43)N(/C1=C/c1ccccc1)c1cc(C(C)(C)C)ccc1C2. The zero-order chi connectivity index (χ0) is 51.1. The lowest BCUT2D eigenvalue weighted by Crippen LogP contribution is -2.56. The van der Waals surface area contributed by atoms with E-state index in [0.717, 1.165) is 17.7 Å². The third kappa shape index (κ3) is 8.42. The molecule has 0 amide bonds. The highest BCUT2D eigenvalue weighted by Gasteiger charge is 2.48. The summed E-state index contributed by atoms with van der Waals surface area (Å²) in [5.74, 6) is 0. The summed E-state index contributed by atoms with van der Waals surface area (Å²) in [6.07, 6.45) is 10.0. The van der Waals surface area contributed by atoms with Gasteiger partial charge in [0.15, 0.2) is 0 Å². The van der Waals surface area contributed by atoms with Gasteiger partial charge in [0.05, 0.1) is 11.4 Å². The second-order valence-corrected chi connectivity index (χ2v) is 24.6. The first-order valence-corrected chi connectivity index (χ1v) is 27.1. The lowest BCUT2D eigenvalue weighted by molar-refractivity contribution is 0.590. The van der Waals surface area contributed by atoms with Crippen LogP contribution < -0.4 is 25.4 Å². The molecule has 3 nitrogen and oxygen atoms in total.